The number of thiazole rings is 2. The maximum absolute atomic E-state index is 12.3. The number of amides is 2. The van der Waals surface area contributed by atoms with E-state index < -0.39 is 0 Å². The summed E-state index contributed by atoms with van der Waals surface area (Å²) in [4.78, 5) is 33.7. The van der Waals surface area contributed by atoms with Crippen LogP contribution < -0.4 is 16.0 Å². The van der Waals surface area contributed by atoms with Crippen LogP contribution in [0.15, 0.2) is 17.9 Å². The summed E-state index contributed by atoms with van der Waals surface area (Å²) in [6.45, 7) is 1.26. The van der Waals surface area contributed by atoms with Gasteiger partial charge < -0.3 is 16.0 Å². The first-order valence-electron chi connectivity index (χ1n) is 8.81. The highest BCUT2D eigenvalue weighted by Crippen LogP contribution is 2.48. The van der Waals surface area contributed by atoms with Gasteiger partial charge in [0.15, 0.2) is 5.13 Å². The summed E-state index contributed by atoms with van der Waals surface area (Å²) in [6, 6.07) is 0.534. The van der Waals surface area contributed by atoms with E-state index in [0.717, 1.165) is 24.4 Å². The molecule has 0 unspecified atom stereocenters. The molecule has 138 valence electrons. The smallest absolute Gasteiger partial charge is 0.263 e. The average molecular weight is 392 g/mol. The molecule has 0 saturated heterocycles. The van der Waals surface area contributed by atoms with Crippen LogP contribution in [0.4, 0.5) is 5.13 Å². The predicted octanol–water partition coefficient (Wildman–Crippen LogP) is 2.50. The molecule has 9 heteroatoms. The van der Waals surface area contributed by atoms with Crippen molar-refractivity contribution in [3.63, 3.8) is 0 Å². The second kappa shape index (κ2) is 7.32. The van der Waals surface area contributed by atoms with Crippen molar-refractivity contribution >= 4 is 39.6 Å². The Morgan fingerprint density at radius 1 is 1.15 bits per heavy atom. The second-order valence-corrected chi connectivity index (χ2v) is 8.92. The summed E-state index contributed by atoms with van der Waals surface area (Å²) in [5.41, 5.74) is 1.77. The fourth-order valence-corrected chi connectivity index (χ4v) is 4.10. The summed E-state index contributed by atoms with van der Waals surface area (Å²) in [5.74, 6) is -0.140. The zero-order valence-corrected chi connectivity index (χ0v) is 15.9. The molecule has 3 N–H and O–H groups in total. The molecule has 2 aliphatic rings. The molecule has 2 aromatic heterocycles. The lowest BCUT2D eigenvalue weighted by molar-refractivity contribution is 0.0933. The van der Waals surface area contributed by atoms with Gasteiger partial charge in [-0.15, -0.1) is 11.3 Å². The van der Waals surface area contributed by atoms with Crippen LogP contribution >= 0.6 is 22.7 Å². The minimum Gasteiger partial charge on any atom is -0.359 e. The molecule has 2 saturated carbocycles. The van der Waals surface area contributed by atoms with Crippen molar-refractivity contribution in [1.82, 2.24) is 20.6 Å². The summed E-state index contributed by atoms with van der Waals surface area (Å²) >= 11 is 2.74. The van der Waals surface area contributed by atoms with Crippen LogP contribution in [-0.2, 0) is 0 Å². The van der Waals surface area contributed by atoms with Gasteiger partial charge in [0.2, 0.25) is 0 Å². The molecule has 0 radical (unpaired) electrons. The van der Waals surface area contributed by atoms with Crippen molar-refractivity contribution in [2.45, 2.75) is 38.1 Å². The van der Waals surface area contributed by atoms with E-state index in [0.29, 0.717) is 28.9 Å². The van der Waals surface area contributed by atoms with Gasteiger partial charge in [-0.1, -0.05) is 11.3 Å². The van der Waals surface area contributed by atoms with Gasteiger partial charge in [-0.05, 0) is 37.5 Å². The SMILES string of the molecule is O=C(NCCC1(CNC(=O)c2cnc(NC3CC3)s2)CC1)c1cncs1. The molecule has 0 aliphatic heterocycles. The lowest BCUT2D eigenvalue weighted by Crippen LogP contribution is -2.32. The number of hydrogen-bond donors (Lipinski definition) is 3. The standard InChI is InChI=1S/C17H21N5O2S2/c23-14(12-7-18-10-25-12)19-6-5-17(3-4-17)9-21-15(24)13-8-20-16(26-13)22-11-1-2-11/h7-8,10-11H,1-6,9H2,(H,19,23)(H,20,22)(H,21,24). The van der Waals surface area contributed by atoms with Crippen LogP contribution in [0.2, 0.25) is 0 Å². The van der Waals surface area contributed by atoms with E-state index in [1.165, 1.54) is 35.5 Å². The van der Waals surface area contributed by atoms with Crippen LogP contribution in [0, 0.1) is 5.41 Å². The number of rotatable bonds is 9. The topological polar surface area (TPSA) is 96.0 Å². The fraction of sp³-hybridized carbons (Fsp3) is 0.529. The summed E-state index contributed by atoms with van der Waals surface area (Å²) in [7, 11) is 0. The van der Waals surface area contributed by atoms with Crippen LogP contribution in [0.5, 0.6) is 0 Å². The van der Waals surface area contributed by atoms with Gasteiger partial charge in [0.25, 0.3) is 11.8 Å². The van der Waals surface area contributed by atoms with Crippen molar-refractivity contribution in [3.8, 4) is 0 Å². The van der Waals surface area contributed by atoms with Crippen molar-refractivity contribution < 1.29 is 9.59 Å². The number of aromatic nitrogens is 2. The fourth-order valence-electron chi connectivity index (χ4n) is 2.75. The summed E-state index contributed by atoms with van der Waals surface area (Å²) in [5, 5.41) is 10.1. The first kappa shape index (κ1) is 17.4. The summed E-state index contributed by atoms with van der Waals surface area (Å²) < 4.78 is 0. The minimum atomic E-state index is -0.0762. The van der Waals surface area contributed by atoms with Gasteiger partial charge in [0, 0.05) is 19.1 Å². The van der Waals surface area contributed by atoms with Gasteiger partial charge in [0.1, 0.15) is 9.75 Å². The van der Waals surface area contributed by atoms with E-state index in [4.69, 9.17) is 0 Å². The van der Waals surface area contributed by atoms with Gasteiger partial charge in [-0.2, -0.15) is 0 Å². The minimum absolute atomic E-state index is 0.0636. The molecule has 2 aliphatic carbocycles. The molecular formula is C17H21N5O2S2. The maximum Gasteiger partial charge on any atom is 0.263 e. The Bertz CT molecular complexity index is 781. The zero-order valence-electron chi connectivity index (χ0n) is 14.3. The molecular weight excluding hydrogens is 370 g/mol. The Hall–Kier alpha value is -2.00. The molecule has 2 aromatic rings. The molecule has 0 aromatic carbocycles. The van der Waals surface area contributed by atoms with Crippen molar-refractivity contribution in [3.05, 3.63) is 27.7 Å². The quantitative estimate of drug-likeness (QED) is 0.610. The number of carbonyl (C=O) groups excluding carboxylic acids is 2. The molecule has 26 heavy (non-hydrogen) atoms. The van der Waals surface area contributed by atoms with Gasteiger partial charge in [-0.3, -0.25) is 14.6 Å². The number of hydrogen-bond acceptors (Lipinski definition) is 7. The third-order valence-corrected chi connectivity index (χ3v) is 6.51. The summed E-state index contributed by atoms with van der Waals surface area (Å²) in [6.07, 6.45) is 8.62. The molecule has 2 heterocycles. The van der Waals surface area contributed by atoms with E-state index in [2.05, 4.69) is 25.9 Å². The average Bonchev–Trinajstić information content (AvgIpc) is 3.48. The highest BCUT2D eigenvalue weighted by atomic mass is 32.1. The predicted molar refractivity (Wildman–Crippen MR) is 102 cm³/mol. The van der Waals surface area contributed by atoms with Crippen molar-refractivity contribution in [2.75, 3.05) is 18.4 Å². The van der Waals surface area contributed by atoms with Crippen LogP contribution in [0.25, 0.3) is 0 Å². The molecule has 7 nitrogen and oxygen atoms in total. The molecule has 4 rings (SSSR count). The Labute approximate surface area is 159 Å². The monoisotopic (exact) mass is 391 g/mol. The van der Waals surface area contributed by atoms with Crippen molar-refractivity contribution in [1.29, 1.82) is 0 Å². The van der Waals surface area contributed by atoms with Crippen LogP contribution in [-0.4, -0.2) is 40.9 Å². The third kappa shape index (κ3) is 4.39. The Morgan fingerprint density at radius 3 is 2.65 bits per heavy atom. The van der Waals surface area contributed by atoms with E-state index in [9.17, 15) is 9.59 Å². The molecule has 0 spiro atoms. The third-order valence-electron chi connectivity index (χ3n) is 4.81. The van der Waals surface area contributed by atoms with Gasteiger partial charge in [-0.25, -0.2) is 4.98 Å². The number of nitrogens with one attached hydrogen (secondary N) is 3. The number of nitrogens with zero attached hydrogens (tertiary/aromatic N) is 2. The van der Waals surface area contributed by atoms with Crippen LogP contribution in [0.3, 0.4) is 0 Å². The molecule has 0 atom stereocenters. The lowest BCUT2D eigenvalue weighted by atomic mass is 10.0. The molecule has 2 fully saturated rings. The Balaban J connectivity index is 1.20. The molecule has 2 amide bonds. The number of carbonyl (C=O) groups is 2. The van der Waals surface area contributed by atoms with Gasteiger partial charge >= 0.3 is 0 Å². The Kier molecular flexibility index (Phi) is 4.90. The van der Waals surface area contributed by atoms with Crippen LogP contribution in [0.1, 0.15) is 51.4 Å². The highest BCUT2D eigenvalue weighted by molar-refractivity contribution is 7.17. The number of anilines is 1. The van der Waals surface area contributed by atoms with E-state index in [1.54, 1.807) is 17.9 Å². The first-order valence-corrected chi connectivity index (χ1v) is 10.5. The maximum atomic E-state index is 12.3. The normalized spacial score (nSPS) is 17.5. The largest absolute Gasteiger partial charge is 0.359 e. The second-order valence-electron chi connectivity index (χ2n) is 7.00. The van der Waals surface area contributed by atoms with E-state index >= 15 is 0 Å². The highest BCUT2D eigenvalue weighted by Gasteiger charge is 2.42. The van der Waals surface area contributed by atoms with Crippen molar-refractivity contribution in [2.24, 2.45) is 5.41 Å². The van der Waals surface area contributed by atoms with E-state index in [1.807, 2.05) is 0 Å². The van der Waals surface area contributed by atoms with Gasteiger partial charge in [0.05, 0.1) is 17.9 Å². The first-order chi connectivity index (χ1) is 12.6. The zero-order chi connectivity index (χ0) is 18.0. The Morgan fingerprint density at radius 2 is 1.96 bits per heavy atom. The molecule has 0 bridgehead atoms. The lowest BCUT2D eigenvalue weighted by Gasteiger charge is -2.15. The van der Waals surface area contributed by atoms with E-state index in [-0.39, 0.29) is 17.2 Å².